The Morgan fingerprint density at radius 2 is 1.70 bits per heavy atom. The molecule has 1 amide bonds. The molecule has 0 N–H and O–H groups in total. The summed E-state index contributed by atoms with van der Waals surface area (Å²) in [4.78, 5) is 14.1. The van der Waals surface area contributed by atoms with Gasteiger partial charge in [0.25, 0.3) is 5.91 Å². The van der Waals surface area contributed by atoms with Gasteiger partial charge in [-0.1, -0.05) is 30.3 Å². The van der Waals surface area contributed by atoms with Crippen LogP contribution >= 0.6 is 11.8 Å². The molecule has 120 valence electrons. The third kappa shape index (κ3) is 3.55. The molecule has 5 heteroatoms. The van der Waals surface area contributed by atoms with Crippen molar-refractivity contribution in [3.63, 3.8) is 0 Å². The smallest absolute Gasteiger partial charge is 0.256 e. The largest absolute Gasteiger partial charge is 0.338 e. The first-order valence-corrected chi connectivity index (χ1v) is 8.61. The van der Waals surface area contributed by atoms with Gasteiger partial charge >= 0.3 is 0 Å². The molecule has 1 fully saturated rings. The topological polar surface area (TPSA) is 20.3 Å². The van der Waals surface area contributed by atoms with Crippen LogP contribution < -0.4 is 0 Å². The van der Waals surface area contributed by atoms with Crippen molar-refractivity contribution in [2.45, 2.75) is 11.7 Å². The third-order valence-corrected chi connectivity index (χ3v) is 5.30. The fourth-order valence-corrected chi connectivity index (χ4v) is 4.02. The monoisotopic (exact) mass is 333 g/mol. The van der Waals surface area contributed by atoms with Crippen molar-refractivity contribution in [2.75, 3.05) is 18.8 Å². The van der Waals surface area contributed by atoms with Crippen molar-refractivity contribution in [3.05, 3.63) is 71.3 Å². The van der Waals surface area contributed by atoms with Gasteiger partial charge in [-0.25, -0.2) is 8.78 Å². The summed E-state index contributed by atoms with van der Waals surface area (Å²) in [6.45, 7) is 1.04. The lowest BCUT2D eigenvalue weighted by molar-refractivity contribution is 0.0762. The predicted molar refractivity (Wildman–Crippen MR) is 88.5 cm³/mol. The van der Waals surface area contributed by atoms with Crippen LogP contribution in [-0.2, 0) is 0 Å². The summed E-state index contributed by atoms with van der Waals surface area (Å²) in [6, 6.07) is 12.8. The lowest BCUT2D eigenvalue weighted by atomic mass is 10.1. The number of carbonyl (C=O) groups is 1. The Morgan fingerprint density at radius 1 is 1.00 bits per heavy atom. The second-order valence-electron chi connectivity index (χ2n) is 5.44. The zero-order valence-electron chi connectivity index (χ0n) is 12.5. The van der Waals surface area contributed by atoms with Crippen LogP contribution in [0, 0.1) is 11.6 Å². The molecule has 0 aliphatic carbocycles. The predicted octanol–water partition coefficient (Wildman–Crippen LogP) is 4.29. The minimum Gasteiger partial charge on any atom is -0.338 e. The van der Waals surface area contributed by atoms with Gasteiger partial charge in [0.2, 0.25) is 0 Å². The average molecular weight is 333 g/mol. The van der Waals surface area contributed by atoms with Gasteiger partial charge in [0.05, 0.1) is 5.56 Å². The van der Waals surface area contributed by atoms with Gasteiger partial charge in [0.1, 0.15) is 11.6 Å². The number of thioether (sulfide) groups is 1. The number of hydrogen-bond acceptors (Lipinski definition) is 2. The SMILES string of the molecule is O=C(c1ccccc1F)N1CCSC(c2ccccc2F)CC1. The number of nitrogens with zero attached hydrogens (tertiary/aromatic N) is 1. The van der Waals surface area contributed by atoms with E-state index < -0.39 is 5.82 Å². The Labute approximate surface area is 138 Å². The van der Waals surface area contributed by atoms with Gasteiger partial charge in [0, 0.05) is 29.7 Å². The molecular formula is C18H17F2NOS. The maximum absolute atomic E-state index is 13.9. The summed E-state index contributed by atoms with van der Waals surface area (Å²) >= 11 is 1.64. The van der Waals surface area contributed by atoms with E-state index in [1.165, 1.54) is 18.2 Å². The summed E-state index contributed by atoms with van der Waals surface area (Å²) in [7, 11) is 0. The molecule has 2 aromatic carbocycles. The molecule has 1 aliphatic rings. The van der Waals surface area contributed by atoms with Crippen LogP contribution in [0.15, 0.2) is 48.5 Å². The van der Waals surface area contributed by atoms with E-state index in [-0.39, 0.29) is 22.5 Å². The molecule has 0 radical (unpaired) electrons. The summed E-state index contributed by atoms with van der Waals surface area (Å²) in [5.74, 6) is -0.295. The summed E-state index contributed by atoms with van der Waals surface area (Å²) in [5.41, 5.74) is 0.777. The zero-order chi connectivity index (χ0) is 16.2. The van der Waals surface area contributed by atoms with E-state index in [0.29, 0.717) is 30.8 Å². The molecule has 2 nitrogen and oxygen atoms in total. The van der Waals surface area contributed by atoms with E-state index in [2.05, 4.69) is 0 Å². The summed E-state index contributed by atoms with van der Waals surface area (Å²) in [6.07, 6.45) is 0.659. The van der Waals surface area contributed by atoms with Crippen LogP contribution in [0.2, 0.25) is 0 Å². The Morgan fingerprint density at radius 3 is 2.43 bits per heavy atom. The van der Waals surface area contributed by atoms with Gasteiger partial charge in [-0.3, -0.25) is 4.79 Å². The van der Waals surface area contributed by atoms with Gasteiger partial charge in [-0.15, -0.1) is 0 Å². The first kappa shape index (κ1) is 16.0. The number of rotatable bonds is 2. The van der Waals surface area contributed by atoms with E-state index in [1.807, 2.05) is 6.07 Å². The number of amides is 1. The van der Waals surface area contributed by atoms with Crippen molar-refractivity contribution in [2.24, 2.45) is 0 Å². The maximum atomic E-state index is 13.9. The van der Waals surface area contributed by atoms with Crippen LogP contribution in [0.5, 0.6) is 0 Å². The van der Waals surface area contributed by atoms with Crippen LogP contribution in [0.1, 0.15) is 27.6 Å². The highest BCUT2D eigenvalue weighted by atomic mass is 32.2. The van der Waals surface area contributed by atoms with Gasteiger partial charge in [0.15, 0.2) is 0 Å². The Hall–Kier alpha value is -1.88. The highest BCUT2D eigenvalue weighted by Gasteiger charge is 2.25. The normalized spacial score (nSPS) is 18.5. The Balaban J connectivity index is 1.73. The molecule has 1 atom stereocenters. The van der Waals surface area contributed by atoms with Gasteiger partial charge in [-0.2, -0.15) is 11.8 Å². The van der Waals surface area contributed by atoms with Crippen LogP contribution in [0.25, 0.3) is 0 Å². The lowest BCUT2D eigenvalue weighted by Crippen LogP contribution is -2.33. The first-order valence-electron chi connectivity index (χ1n) is 7.56. The lowest BCUT2D eigenvalue weighted by Gasteiger charge is -2.20. The first-order chi connectivity index (χ1) is 11.2. The van der Waals surface area contributed by atoms with E-state index in [9.17, 15) is 13.6 Å². The minimum atomic E-state index is -0.500. The second kappa shape index (κ2) is 7.13. The number of hydrogen-bond donors (Lipinski definition) is 0. The third-order valence-electron chi connectivity index (χ3n) is 3.99. The molecule has 0 bridgehead atoms. The van der Waals surface area contributed by atoms with Crippen LogP contribution in [-0.4, -0.2) is 29.6 Å². The van der Waals surface area contributed by atoms with E-state index in [1.54, 1.807) is 40.9 Å². The second-order valence-corrected chi connectivity index (χ2v) is 6.75. The van der Waals surface area contributed by atoms with Crippen molar-refractivity contribution in [3.8, 4) is 0 Å². The Kier molecular flexibility index (Phi) is 4.96. The number of carbonyl (C=O) groups excluding carboxylic acids is 1. The van der Waals surface area contributed by atoms with Crippen molar-refractivity contribution < 1.29 is 13.6 Å². The quantitative estimate of drug-likeness (QED) is 0.817. The van der Waals surface area contributed by atoms with Crippen LogP contribution in [0.4, 0.5) is 8.78 Å². The molecule has 1 heterocycles. The number of benzene rings is 2. The van der Waals surface area contributed by atoms with Crippen molar-refractivity contribution >= 4 is 17.7 Å². The highest BCUT2D eigenvalue weighted by molar-refractivity contribution is 7.99. The van der Waals surface area contributed by atoms with Crippen LogP contribution in [0.3, 0.4) is 0 Å². The van der Waals surface area contributed by atoms with E-state index >= 15 is 0 Å². The molecule has 3 rings (SSSR count). The molecule has 0 aromatic heterocycles. The average Bonchev–Trinajstić information content (AvgIpc) is 2.81. The molecular weight excluding hydrogens is 316 g/mol. The van der Waals surface area contributed by atoms with E-state index in [0.717, 1.165) is 0 Å². The molecule has 0 saturated carbocycles. The fraction of sp³-hybridized carbons (Fsp3) is 0.278. The highest BCUT2D eigenvalue weighted by Crippen LogP contribution is 2.35. The Bertz CT molecular complexity index is 707. The maximum Gasteiger partial charge on any atom is 0.256 e. The van der Waals surface area contributed by atoms with E-state index in [4.69, 9.17) is 0 Å². The van der Waals surface area contributed by atoms with Crippen molar-refractivity contribution in [1.82, 2.24) is 4.90 Å². The molecule has 2 aromatic rings. The van der Waals surface area contributed by atoms with Crippen molar-refractivity contribution in [1.29, 1.82) is 0 Å². The standard InChI is InChI=1S/C18H17F2NOS/c19-15-7-3-1-5-13(15)17-9-10-21(11-12-23-17)18(22)14-6-2-4-8-16(14)20/h1-8,17H,9-12H2. The molecule has 23 heavy (non-hydrogen) atoms. The fourth-order valence-electron chi connectivity index (χ4n) is 2.76. The molecule has 0 spiro atoms. The van der Waals surface area contributed by atoms with Gasteiger partial charge < -0.3 is 4.90 Å². The summed E-state index contributed by atoms with van der Waals surface area (Å²) < 4.78 is 27.7. The van der Waals surface area contributed by atoms with Gasteiger partial charge in [-0.05, 0) is 24.6 Å². The minimum absolute atomic E-state index is 0.0228. The molecule has 1 unspecified atom stereocenters. The number of halogens is 2. The molecule has 1 aliphatic heterocycles. The molecule has 1 saturated heterocycles. The zero-order valence-corrected chi connectivity index (χ0v) is 13.4. The summed E-state index contributed by atoms with van der Waals surface area (Å²) in [5, 5.41) is 0.0228.